The van der Waals surface area contributed by atoms with Crippen molar-refractivity contribution in [2.45, 2.75) is 98.0 Å². The number of rotatable bonds is 12. The van der Waals surface area contributed by atoms with Crippen LogP contribution >= 0.6 is 0 Å². The maximum atomic E-state index is 12.4. The maximum absolute atomic E-state index is 12.4. The molecule has 0 saturated carbocycles. The van der Waals surface area contributed by atoms with Crippen molar-refractivity contribution in [2.75, 3.05) is 6.61 Å². The van der Waals surface area contributed by atoms with Crippen LogP contribution in [0.1, 0.15) is 73.8 Å². The van der Waals surface area contributed by atoms with Crippen molar-refractivity contribution in [1.82, 2.24) is 0 Å². The molecule has 0 heterocycles. The minimum Gasteiger partial charge on any atom is -0.461 e. The Bertz CT molecular complexity index is 957. The molecule has 2 N–H and O–H groups in total. The highest BCUT2D eigenvalue weighted by Gasteiger charge is 2.26. The zero-order valence-corrected chi connectivity index (χ0v) is 22.9. The molecule has 0 saturated heterocycles. The van der Waals surface area contributed by atoms with E-state index in [1.54, 1.807) is 40.7 Å². The zero-order chi connectivity index (χ0) is 28.4. The monoisotopic (exact) mass is 525 g/mol. The summed E-state index contributed by atoms with van der Waals surface area (Å²) in [6.07, 6.45) is -1.50. The summed E-state index contributed by atoms with van der Waals surface area (Å²) in [5, 5.41) is 0. The van der Waals surface area contributed by atoms with Gasteiger partial charge in [-0.25, -0.2) is 9.59 Å². The summed E-state index contributed by atoms with van der Waals surface area (Å²) in [7, 11) is 0. The molecule has 0 aromatic heterocycles. The first-order valence-electron chi connectivity index (χ1n) is 12.1. The molecule has 11 nitrogen and oxygen atoms in total. The Balaban J connectivity index is 3.04. The van der Waals surface area contributed by atoms with E-state index in [0.29, 0.717) is 18.4 Å². The fraction of sp³-hybridized carbons (Fsp3) is 0.615. The van der Waals surface area contributed by atoms with Gasteiger partial charge >= 0.3 is 24.2 Å². The molecule has 0 bridgehead atoms. The Hall–Kier alpha value is -3.34. The van der Waals surface area contributed by atoms with Crippen molar-refractivity contribution in [3.63, 3.8) is 0 Å². The van der Waals surface area contributed by atoms with E-state index in [0.717, 1.165) is 0 Å². The van der Waals surface area contributed by atoms with Crippen molar-refractivity contribution < 1.29 is 47.6 Å². The average molecular weight is 526 g/mol. The van der Waals surface area contributed by atoms with Crippen molar-refractivity contribution in [3.05, 3.63) is 23.8 Å². The molecule has 0 fully saturated rings. The van der Waals surface area contributed by atoms with Gasteiger partial charge in [-0.05, 0) is 71.6 Å². The molecular formula is C26H39NO10. The zero-order valence-electron chi connectivity index (χ0n) is 22.9. The summed E-state index contributed by atoms with van der Waals surface area (Å²) in [5.41, 5.74) is 4.92. The summed E-state index contributed by atoms with van der Waals surface area (Å²) >= 11 is 0. The molecule has 0 aliphatic carbocycles. The van der Waals surface area contributed by atoms with E-state index >= 15 is 0 Å². The number of nitrogens with two attached hydrogens (primary N) is 1. The molecule has 37 heavy (non-hydrogen) atoms. The number of carbonyl (C=O) groups excluding carboxylic acids is 4. The molecule has 1 rings (SSSR count). The van der Waals surface area contributed by atoms with Crippen LogP contribution in [0.25, 0.3) is 0 Å². The second-order valence-corrected chi connectivity index (χ2v) is 9.78. The fourth-order valence-electron chi connectivity index (χ4n) is 2.62. The summed E-state index contributed by atoms with van der Waals surface area (Å²) in [5.74, 6) is -1.41. The number of hydrogen-bond donors (Lipinski definition) is 1. The quantitative estimate of drug-likeness (QED) is 0.234. The van der Waals surface area contributed by atoms with Gasteiger partial charge in [0.2, 0.25) is 0 Å². The van der Waals surface area contributed by atoms with Crippen LogP contribution in [0.5, 0.6) is 11.5 Å². The first kappa shape index (κ1) is 31.7. The van der Waals surface area contributed by atoms with Crippen LogP contribution in [0.4, 0.5) is 9.59 Å². The van der Waals surface area contributed by atoms with E-state index in [4.69, 9.17) is 34.2 Å². The molecule has 1 aromatic carbocycles. The lowest BCUT2D eigenvalue weighted by Gasteiger charge is -2.24. The van der Waals surface area contributed by atoms with E-state index in [2.05, 4.69) is 0 Å². The summed E-state index contributed by atoms with van der Waals surface area (Å²) < 4.78 is 31.3. The van der Waals surface area contributed by atoms with E-state index in [-0.39, 0.29) is 24.5 Å². The standard InChI is InChI=1S/C26H39NO10/c1-9-25(5,6)36-23(30)34-20-12-11-18(14-21(20)35-24(31)37-26(7,8)10-2)13-19(27)22(29)32-15-16(3)33-17(4)28/h11-12,14,16,19H,9-10,13,15,27H2,1-8H3/t16-,19-/m0/s1. The van der Waals surface area contributed by atoms with Crippen LogP contribution in [-0.2, 0) is 35.0 Å². The van der Waals surface area contributed by atoms with Crippen LogP contribution in [0.3, 0.4) is 0 Å². The van der Waals surface area contributed by atoms with Crippen LogP contribution in [0, 0.1) is 0 Å². The number of benzene rings is 1. The lowest BCUT2D eigenvalue weighted by atomic mass is 10.1. The van der Waals surface area contributed by atoms with E-state index in [1.807, 2.05) is 13.8 Å². The number of esters is 2. The van der Waals surface area contributed by atoms with E-state index < -0.39 is 47.6 Å². The van der Waals surface area contributed by atoms with E-state index in [9.17, 15) is 19.2 Å². The second-order valence-electron chi connectivity index (χ2n) is 9.78. The lowest BCUT2D eigenvalue weighted by molar-refractivity contribution is -0.157. The summed E-state index contributed by atoms with van der Waals surface area (Å²) in [6.45, 7) is 13.3. The third-order valence-electron chi connectivity index (χ3n) is 5.40. The molecule has 0 amide bonds. The van der Waals surface area contributed by atoms with Crippen molar-refractivity contribution in [2.24, 2.45) is 5.73 Å². The molecule has 0 spiro atoms. The number of ether oxygens (including phenoxy) is 6. The second kappa shape index (κ2) is 13.8. The molecule has 0 radical (unpaired) electrons. The van der Waals surface area contributed by atoms with Crippen LogP contribution in [0.15, 0.2) is 18.2 Å². The molecule has 0 aliphatic heterocycles. The lowest BCUT2D eigenvalue weighted by Crippen LogP contribution is -2.36. The Morgan fingerprint density at radius 1 is 0.892 bits per heavy atom. The van der Waals surface area contributed by atoms with Gasteiger partial charge in [0.15, 0.2) is 11.5 Å². The molecule has 208 valence electrons. The SMILES string of the molecule is CCC(C)(C)OC(=O)Oc1ccc(C[C@H](N)C(=O)OC[C@H](C)OC(C)=O)cc1OC(=O)OC(C)(C)CC. The number of carbonyl (C=O) groups is 4. The Labute approximate surface area is 217 Å². The van der Waals surface area contributed by atoms with Crippen molar-refractivity contribution in [1.29, 1.82) is 0 Å². The van der Waals surface area contributed by atoms with Gasteiger partial charge in [0, 0.05) is 6.92 Å². The van der Waals surface area contributed by atoms with Crippen molar-refractivity contribution in [3.8, 4) is 11.5 Å². The van der Waals surface area contributed by atoms with Crippen LogP contribution in [-0.4, -0.2) is 54.2 Å². The van der Waals surface area contributed by atoms with Gasteiger partial charge in [-0.3, -0.25) is 9.59 Å². The van der Waals surface area contributed by atoms with Crippen LogP contribution < -0.4 is 15.2 Å². The third-order valence-corrected chi connectivity index (χ3v) is 5.40. The topological polar surface area (TPSA) is 150 Å². The van der Waals surface area contributed by atoms with Gasteiger partial charge < -0.3 is 34.2 Å². The molecule has 11 heteroatoms. The predicted octanol–water partition coefficient (Wildman–Crippen LogP) is 4.46. The van der Waals surface area contributed by atoms with Gasteiger partial charge in [0.05, 0.1) is 0 Å². The normalized spacial score (nSPS) is 13.1. The van der Waals surface area contributed by atoms with Gasteiger partial charge in [0.25, 0.3) is 0 Å². The fourth-order valence-corrected chi connectivity index (χ4v) is 2.62. The molecule has 1 aromatic rings. The maximum Gasteiger partial charge on any atom is 0.514 e. The Kier molecular flexibility index (Phi) is 11.8. The minimum absolute atomic E-state index is 0.0141. The largest absolute Gasteiger partial charge is 0.514 e. The van der Waals surface area contributed by atoms with E-state index in [1.165, 1.54) is 19.1 Å². The van der Waals surface area contributed by atoms with Gasteiger partial charge in [0.1, 0.15) is 30.0 Å². The Morgan fingerprint density at radius 3 is 1.89 bits per heavy atom. The highest BCUT2D eigenvalue weighted by molar-refractivity contribution is 5.76. The van der Waals surface area contributed by atoms with Crippen LogP contribution in [0.2, 0.25) is 0 Å². The Morgan fingerprint density at radius 2 is 1.41 bits per heavy atom. The first-order chi connectivity index (χ1) is 17.1. The smallest absolute Gasteiger partial charge is 0.461 e. The molecule has 2 atom stereocenters. The van der Waals surface area contributed by atoms with Gasteiger partial charge in [-0.1, -0.05) is 19.9 Å². The summed E-state index contributed by atoms with van der Waals surface area (Å²) in [4.78, 5) is 48.0. The molecular weight excluding hydrogens is 486 g/mol. The summed E-state index contributed by atoms with van der Waals surface area (Å²) in [6, 6.07) is 3.29. The average Bonchev–Trinajstić information content (AvgIpc) is 2.77. The number of hydrogen-bond acceptors (Lipinski definition) is 11. The highest BCUT2D eigenvalue weighted by atomic mass is 16.8. The highest BCUT2D eigenvalue weighted by Crippen LogP contribution is 2.31. The van der Waals surface area contributed by atoms with Gasteiger partial charge in [-0.2, -0.15) is 0 Å². The minimum atomic E-state index is -1.06. The van der Waals surface area contributed by atoms with Crippen molar-refractivity contribution >= 4 is 24.2 Å². The predicted molar refractivity (Wildman–Crippen MR) is 133 cm³/mol. The molecule has 0 aliphatic rings. The first-order valence-corrected chi connectivity index (χ1v) is 12.1. The molecule has 0 unspecified atom stereocenters. The third kappa shape index (κ3) is 12.0. The van der Waals surface area contributed by atoms with Gasteiger partial charge in [-0.15, -0.1) is 0 Å².